The minimum Gasteiger partial charge on any atom is -0.487 e. The first-order chi connectivity index (χ1) is 17.9. The molecule has 13 heteroatoms. The Hall–Kier alpha value is -3.42. The topological polar surface area (TPSA) is 111 Å². The number of nitrogens with one attached hydrogen (secondary N) is 1. The number of oxazole rings is 1. The molecule has 38 heavy (non-hydrogen) atoms. The highest BCUT2D eigenvalue weighted by molar-refractivity contribution is 7.87. The van der Waals surface area contributed by atoms with Gasteiger partial charge in [-0.1, -0.05) is 25.5 Å². The van der Waals surface area contributed by atoms with Crippen molar-refractivity contribution in [3.05, 3.63) is 71.1 Å². The Bertz CT molecular complexity index is 1340. The maximum atomic E-state index is 12.8. The van der Waals surface area contributed by atoms with E-state index in [0.29, 0.717) is 39.2 Å². The Kier molecular flexibility index (Phi) is 9.52. The quantitative estimate of drug-likeness (QED) is 0.243. The summed E-state index contributed by atoms with van der Waals surface area (Å²) in [7, 11) is -4.08. The summed E-state index contributed by atoms with van der Waals surface area (Å²) in [5, 5.41) is 0. The van der Waals surface area contributed by atoms with E-state index in [0.717, 1.165) is 25.5 Å². The number of benzene rings is 2. The second-order valence-electron chi connectivity index (χ2n) is 8.33. The molecule has 0 aliphatic heterocycles. The van der Waals surface area contributed by atoms with Gasteiger partial charge in [-0.05, 0) is 59.8 Å². The number of ether oxygens (including phenoxy) is 1. The number of aromatic nitrogens is 1. The number of hydroxylamine groups is 1. The van der Waals surface area contributed by atoms with Crippen LogP contribution >= 0.6 is 0 Å². The summed E-state index contributed by atoms with van der Waals surface area (Å²) in [6.45, 7) is 4.62. The molecule has 3 aromatic rings. The summed E-state index contributed by atoms with van der Waals surface area (Å²) in [6.07, 6.45) is -3.03. The minimum absolute atomic E-state index is 0.00997. The lowest BCUT2D eigenvalue weighted by Gasteiger charge is -2.20. The van der Waals surface area contributed by atoms with Crippen LogP contribution in [0.25, 0.3) is 11.5 Å². The molecule has 1 heterocycles. The van der Waals surface area contributed by atoms with Gasteiger partial charge in [-0.3, -0.25) is 4.79 Å². The first-order valence-corrected chi connectivity index (χ1v) is 13.1. The molecular weight excluding hydrogens is 527 g/mol. The van der Waals surface area contributed by atoms with Gasteiger partial charge in [0.05, 0.1) is 12.1 Å². The van der Waals surface area contributed by atoms with Gasteiger partial charge in [0, 0.05) is 19.0 Å². The van der Waals surface area contributed by atoms with Crippen molar-refractivity contribution in [2.75, 3.05) is 6.54 Å². The molecule has 0 bridgehead atoms. The Morgan fingerprint density at radius 1 is 1.16 bits per heavy atom. The highest BCUT2D eigenvalue weighted by Gasteiger charge is 2.30. The molecule has 0 aliphatic rings. The van der Waals surface area contributed by atoms with Gasteiger partial charge in [0.2, 0.25) is 5.89 Å². The maximum Gasteiger partial charge on any atom is 0.416 e. The number of rotatable bonds is 12. The molecule has 0 saturated carbocycles. The van der Waals surface area contributed by atoms with Crippen LogP contribution in [0.2, 0.25) is 0 Å². The molecule has 0 atom stereocenters. The lowest BCUT2D eigenvalue weighted by atomic mass is 10.1. The van der Waals surface area contributed by atoms with Crippen LogP contribution in [0.5, 0.6) is 5.75 Å². The normalized spacial score (nSPS) is 12.1. The zero-order valence-corrected chi connectivity index (χ0v) is 21.9. The second kappa shape index (κ2) is 12.4. The zero-order chi connectivity index (χ0) is 27.9. The van der Waals surface area contributed by atoms with E-state index in [1.54, 1.807) is 31.2 Å². The number of carbonyl (C=O) groups excluding carboxylic acids is 1. The second-order valence-corrected chi connectivity index (χ2v) is 9.98. The number of nitrogens with zero attached hydrogens (tertiary/aromatic N) is 2. The van der Waals surface area contributed by atoms with Crippen molar-refractivity contribution >= 4 is 16.2 Å². The van der Waals surface area contributed by atoms with Gasteiger partial charge in [-0.15, -0.1) is 0 Å². The fourth-order valence-electron chi connectivity index (χ4n) is 3.28. The Balaban J connectivity index is 1.69. The number of alkyl halides is 3. The van der Waals surface area contributed by atoms with Gasteiger partial charge in [0.15, 0.2) is 0 Å². The van der Waals surface area contributed by atoms with Crippen LogP contribution in [0, 0.1) is 6.92 Å². The van der Waals surface area contributed by atoms with Crippen molar-refractivity contribution in [1.82, 2.24) is 14.2 Å². The molecule has 0 aliphatic carbocycles. The van der Waals surface area contributed by atoms with Crippen LogP contribution in [0.1, 0.15) is 49.3 Å². The highest BCUT2D eigenvalue weighted by Crippen LogP contribution is 2.31. The molecule has 206 valence electrons. The summed E-state index contributed by atoms with van der Waals surface area (Å²) in [5.41, 5.74) is 0.542. The van der Waals surface area contributed by atoms with Gasteiger partial charge in [0.1, 0.15) is 23.8 Å². The first-order valence-electron chi connectivity index (χ1n) is 11.7. The molecule has 0 amide bonds. The molecule has 0 radical (unpaired) electrons. The molecule has 0 fully saturated rings. The molecule has 1 aromatic heterocycles. The minimum atomic E-state index is -4.44. The van der Waals surface area contributed by atoms with Crippen LogP contribution in [0.3, 0.4) is 0 Å². The maximum absolute atomic E-state index is 12.8. The van der Waals surface area contributed by atoms with Gasteiger partial charge in [-0.2, -0.15) is 26.3 Å². The lowest BCUT2D eigenvalue weighted by molar-refractivity contribution is -0.168. The SMILES string of the molecule is CCCCNS(=O)(=O)N(Cc1cccc(OCc2nc(-c3ccc(C(F)(F)F)cc3)oc2C)c1)OC(C)=O. The lowest BCUT2D eigenvalue weighted by Crippen LogP contribution is -2.41. The van der Waals surface area contributed by atoms with Crippen molar-refractivity contribution in [2.45, 2.75) is 52.9 Å². The van der Waals surface area contributed by atoms with E-state index in [-0.39, 0.29) is 25.6 Å². The summed E-state index contributed by atoms with van der Waals surface area (Å²) in [5.74, 6) is 0.187. The highest BCUT2D eigenvalue weighted by atomic mass is 32.2. The fourth-order valence-corrected chi connectivity index (χ4v) is 4.35. The van der Waals surface area contributed by atoms with Gasteiger partial charge in [-0.25, -0.2) is 4.98 Å². The number of carbonyl (C=O) groups is 1. The monoisotopic (exact) mass is 555 g/mol. The van der Waals surface area contributed by atoms with Crippen molar-refractivity contribution < 1.29 is 40.4 Å². The number of hydrogen-bond acceptors (Lipinski definition) is 7. The molecular formula is C25H28F3N3O6S. The van der Waals surface area contributed by atoms with Crippen LogP contribution in [-0.2, 0) is 39.2 Å². The average molecular weight is 556 g/mol. The largest absolute Gasteiger partial charge is 0.487 e. The predicted molar refractivity (Wildman–Crippen MR) is 132 cm³/mol. The number of aryl methyl sites for hydroxylation is 1. The van der Waals surface area contributed by atoms with E-state index < -0.39 is 27.9 Å². The molecule has 0 spiro atoms. The number of unbranched alkanes of at least 4 members (excludes halogenated alkanes) is 1. The van der Waals surface area contributed by atoms with E-state index in [9.17, 15) is 26.4 Å². The van der Waals surface area contributed by atoms with E-state index in [1.165, 1.54) is 12.1 Å². The van der Waals surface area contributed by atoms with Crippen LogP contribution in [0.4, 0.5) is 13.2 Å². The predicted octanol–water partition coefficient (Wildman–Crippen LogP) is 5.16. The molecule has 1 N–H and O–H groups in total. The van der Waals surface area contributed by atoms with E-state index in [1.807, 2.05) is 6.92 Å². The standard InChI is InChI=1S/C25H28F3N3O6S/c1-4-5-13-29-38(33,34)31(37-18(3)32)15-19-7-6-8-22(14-19)35-16-23-17(2)36-24(30-23)20-9-11-21(12-10-20)25(26,27)28/h6-12,14,29H,4-5,13,15-16H2,1-3H3. The van der Waals surface area contributed by atoms with Crippen molar-refractivity contribution in [3.63, 3.8) is 0 Å². The Labute approximate surface area is 218 Å². The zero-order valence-electron chi connectivity index (χ0n) is 21.0. The summed E-state index contributed by atoms with van der Waals surface area (Å²) >= 11 is 0. The number of halogens is 3. The average Bonchev–Trinajstić information content (AvgIpc) is 3.22. The Morgan fingerprint density at radius 2 is 1.87 bits per heavy atom. The molecule has 2 aromatic carbocycles. The van der Waals surface area contributed by atoms with E-state index in [2.05, 4.69) is 9.71 Å². The molecule has 9 nitrogen and oxygen atoms in total. The summed E-state index contributed by atoms with van der Waals surface area (Å²) in [6, 6.07) is 11.0. The smallest absolute Gasteiger partial charge is 0.416 e. The van der Waals surface area contributed by atoms with Crippen molar-refractivity contribution in [2.24, 2.45) is 0 Å². The molecule has 0 unspecified atom stereocenters. The van der Waals surface area contributed by atoms with Crippen molar-refractivity contribution in [3.8, 4) is 17.2 Å². The third kappa shape index (κ3) is 8.04. The summed E-state index contributed by atoms with van der Waals surface area (Å²) in [4.78, 5) is 20.8. The van der Waals surface area contributed by atoms with Crippen molar-refractivity contribution in [1.29, 1.82) is 0 Å². The van der Waals surface area contributed by atoms with E-state index in [4.69, 9.17) is 14.0 Å². The van der Waals surface area contributed by atoms with Gasteiger partial charge >= 0.3 is 22.4 Å². The van der Waals surface area contributed by atoms with E-state index >= 15 is 0 Å². The van der Waals surface area contributed by atoms with Crippen LogP contribution in [-0.4, -0.2) is 30.4 Å². The third-order valence-corrected chi connectivity index (χ3v) is 6.56. The summed E-state index contributed by atoms with van der Waals surface area (Å²) < 4.78 is 78.0. The Morgan fingerprint density at radius 3 is 2.50 bits per heavy atom. The fraction of sp³-hybridized carbons (Fsp3) is 0.360. The molecule has 0 saturated heterocycles. The number of hydrogen-bond donors (Lipinski definition) is 1. The van der Waals surface area contributed by atoms with Gasteiger partial charge in [0.25, 0.3) is 0 Å². The van der Waals surface area contributed by atoms with Crippen LogP contribution in [0.15, 0.2) is 52.9 Å². The molecule has 3 rings (SSSR count). The van der Waals surface area contributed by atoms with Crippen LogP contribution < -0.4 is 9.46 Å². The third-order valence-electron chi connectivity index (χ3n) is 5.25. The van der Waals surface area contributed by atoms with Gasteiger partial charge < -0.3 is 14.0 Å². The first kappa shape index (κ1) is 29.1.